The van der Waals surface area contributed by atoms with E-state index >= 15 is 0 Å². The molecule has 2 aliphatic rings. The number of rotatable bonds is 44. The summed E-state index contributed by atoms with van der Waals surface area (Å²) in [5.41, 5.74) is 30.5. The van der Waals surface area contributed by atoms with Gasteiger partial charge in [0, 0.05) is 22.6 Å². The summed E-state index contributed by atoms with van der Waals surface area (Å²) in [6.45, 7) is 19.7. The van der Waals surface area contributed by atoms with Gasteiger partial charge in [0.15, 0.2) is 0 Å². The van der Waals surface area contributed by atoms with E-state index in [1.165, 1.54) is 314 Å². The minimum Gasteiger partial charge on any atom is -0.494 e. The van der Waals surface area contributed by atoms with E-state index in [-0.39, 0.29) is 10.8 Å². The molecule has 0 atom stereocenters. The first-order valence-corrected chi connectivity index (χ1v) is 40.8. The molecule has 0 bridgehead atoms. The van der Waals surface area contributed by atoms with Crippen LogP contribution >= 0.6 is 12.6 Å². The molecule has 522 valence electrons. The Bertz CT molecular complexity index is 3690. The zero-order valence-electron chi connectivity index (χ0n) is 62.5. The number of benzene rings is 7. The predicted molar refractivity (Wildman–Crippen MR) is 431 cm³/mol. The summed E-state index contributed by atoms with van der Waals surface area (Å²) < 4.78 is 6.38. The van der Waals surface area contributed by atoms with Crippen LogP contribution in [0.1, 0.15) is 303 Å². The van der Waals surface area contributed by atoms with Gasteiger partial charge >= 0.3 is 0 Å². The third-order valence-corrected chi connectivity index (χ3v) is 23.7. The molecule has 7 aromatic carbocycles. The van der Waals surface area contributed by atoms with Crippen LogP contribution in [-0.4, -0.2) is 17.3 Å². The predicted octanol–water partition coefficient (Wildman–Crippen LogP) is 29.6. The summed E-state index contributed by atoms with van der Waals surface area (Å²) in [4.78, 5) is 4.86. The van der Waals surface area contributed by atoms with Crippen molar-refractivity contribution in [2.75, 3.05) is 12.4 Å². The highest BCUT2D eigenvalue weighted by Crippen LogP contribution is 2.59. The SMILES string of the molecule is CCCCCCCCC1(CCCCCCCC)c2cc(-c3ccc(OCCCCCCCCCCS)cc3)ccc2-c2ccc(-c3ccc4c(c3)C(CCCCCCCC)(CCCCCCCC)c3cc(-c5c(C)c(C)c(-c6ccnc(-c7ccccc7)c6)c(C)c5C)ccc3-4)cc21. The summed E-state index contributed by atoms with van der Waals surface area (Å²) in [6, 6.07) is 55.3. The maximum Gasteiger partial charge on any atom is 0.119 e. The third-order valence-electron chi connectivity index (χ3n) is 23.4. The molecule has 0 saturated heterocycles. The maximum atomic E-state index is 6.38. The molecule has 0 radical (unpaired) electrons. The van der Waals surface area contributed by atoms with Crippen LogP contribution in [0.2, 0.25) is 0 Å². The zero-order valence-corrected chi connectivity index (χ0v) is 63.4. The molecule has 0 spiro atoms. The lowest BCUT2D eigenvalue weighted by molar-refractivity contribution is 0.304. The second kappa shape index (κ2) is 38.0. The highest BCUT2D eigenvalue weighted by molar-refractivity contribution is 7.80. The van der Waals surface area contributed by atoms with Gasteiger partial charge in [-0.1, -0.05) is 311 Å². The van der Waals surface area contributed by atoms with Gasteiger partial charge < -0.3 is 4.74 Å². The normalized spacial score (nSPS) is 13.2. The van der Waals surface area contributed by atoms with Crippen LogP contribution < -0.4 is 4.74 Å². The fourth-order valence-corrected chi connectivity index (χ4v) is 17.8. The number of aromatic nitrogens is 1. The Labute approximate surface area is 602 Å². The molecule has 1 heterocycles. The van der Waals surface area contributed by atoms with Crippen molar-refractivity contribution in [1.29, 1.82) is 0 Å². The number of pyridine rings is 1. The highest BCUT2D eigenvalue weighted by Gasteiger charge is 2.45. The van der Waals surface area contributed by atoms with Crippen LogP contribution in [-0.2, 0) is 10.8 Å². The number of fused-ring (bicyclic) bond motifs is 6. The van der Waals surface area contributed by atoms with Crippen molar-refractivity contribution >= 4 is 12.6 Å². The van der Waals surface area contributed by atoms with E-state index in [9.17, 15) is 0 Å². The molecule has 0 aliphatic heterocycles. The van der Waals surface area contributed by atoms with Gasteiger partial charge in [0.05, 0.1) is 12.3 Å². The largest absolute Gasteiger partial charge is 0.494 e. The van der Waals surface area contributed by atoms with Crippen LogP contribution in [0.15, 0.2) is 146 Å². The molecule has 0 saturated carbocycles. The molecule has 10 rings (SSSR count). The minimum atomic E-state index is -0.0822. The summed E-state index contributed by atoms with van der Waals surface area (Å²) >= 11 is 4.39. The lowest BCUT2D eigenvalue weighted by Gasteiger charge is -2.34. The Hall–Kier alpha value is -6.16. The number of nitrogens with zero attached hydrogens (tertiary/aromatic N) is 1. The molecule has 0 N–H and O–H groups in total. The molecule has 2 nitrogen and oxygen atoms in total. The van der Waals surface area contributed by atoms with Gasteiger partial charge in [0.1, 0.15) is 5.75 Å². The summed E-state index contributed by atoms with van der Waals surface area (Å²) in [6.07, 6.45) is 48.4. The van der Waals surface area contributed by atoms with E-state index in [1.807, 2.05) is 6.20 Å². The van der Waals surface area contributed by atoms with Crippen LogP contribution in [0.5, 0.6) is 5.75 Å². The quantitative estimate of drug-likeness (QED) is 0.0304. The van der Waals surface area contributed by atoms with E-state index in [0.29, 0.717) is 0 Å². The molecule has 0 fully saturated rings. The lowest BCUT2D eigenvalue weighted by atomic mass is 9.69. The van der Waals surface area contributed by atoms with Crippen LogP contribution in [0.25, 0.3) is 78.0 Å². The van der Waals surface area contributed by atoms with Crippen LogP contribution in [0.4, 0.5) is 0 Å². The molecular formula is C95H125NOS. The second-order valence-electron chi connectivity index (χ2n) is 30.2. The van der Waals surface area contributed by atoms with Crippen molar-refractivity contribution in [3.05, 3.63) is 190 Å². The molecule has 0 amide bonds. The van der Waals surface area contributed by atoms with Gasteiger partial charge in [-0.15, -0.1) is 0 Å². The fourth-order valence-electron chi connectivity index (χ4n) is 17.6. The second-order valence-corrected chi connectivity index (χ2v) is 30.7. The summed E-state index contributed by atoms with van der Waals surface area (Å²) in [7, 11) is 0. The van der Waals surface area contributed by atoms with Crippen molar-refractivity contribution in [3.8, 4) is 83.8 Å². The Kier molecular flexibility index (Phi) is 28.9. The Morgan fingerprint density at radius 1 is 0.306 bits per heavy atom. The summed E-state index contributed by atoms with van der Waals surface area (Å²) in [5, 5.41) is 0. The van der Waals surface area contributed by atoms with Gasteiger partial charge in [-0.2, -0.15) is 12.6 Å². The van der Waals surface area contributed by atoms with Crippen molar-refractivity contribution < 1.29 is 4.74 Å². The van der Waals surface area contributed by atoms with E-state index in [1.54, 1.807) is 22.3 Å². The lowest BCUT2D eigenvalue weighted by Crippen LogP contribution is -2.26. The summed E-state index contributed by atoms with van der Waals surface area (Å²) in [5.74, 6) is 2.00. The zero-order chi connectivity index (χ0) is 68.5. The number of hydrogen-bond donors (Lipinski definition) is 1. The average Bonchev–Trinajstić information content (AvgIpc) is 1.55. The van der Waals surface area contributed by atoms with Gasteiger partial charge in [0.25, 0.3) is 0 Å². The third kappa shape index (κ3) is 18.1. The van der Waals surface area contributed by atoms with Crippen molar-refractivity contribution in [2.24, 2.45) is 0 Å². The van der Waals surface area contributed by atoms with Crippen LogP contribution in [0, 0.1) is 27.7 Å². The molecular weight excluding hydrogens is 1200 g/mol. The number of hydrogen-bond acceptors (Lipinski definition) is 3. The maximum absolute atomic E-state index is 6.38. The van der Waals surface area contributed by atoms with Crippen molar-refractivity contribution in [2.45, 2.75) is 297 Å². The van der Waals surface area contributed by atoms with E-state index in [2.05, 4.69) is 208 Å². The topological polar surface area (TPSA) is 22.1 Å². The van der Waals surface area contributed by atoms with Crippen LogP contribution in [0.3, 0.4) is 0 Å². The molecule has 0 unspecified atom stereocenters. The number of unbranched alkanes of at least 4 members (excludes halogenated alkanes) is 27. The average molecular weight is 1330 g/mol. The van der Waals surface area contributed by atoms with Gasteiger partial charge in [-0.05, 0) is 232 Å². The minimum absolute atomic E-state index is 0.0566. The molecule has 8 aromatic rings. The molecule has 1 aromatic heterocycles. The Morgan fingerprint density at radius 3 is 1.03 bits per heavy atom. The smallest absolute Gasteiger partial charge is 0.119 e. The Morgan fingerprint density at radius 2 is 0.633 bits per heavy atom. The first-order chi connectivity index (χ1) is 48.1. The first kappa shape index (κ1) is 74.5. The first-order valence-electron chi connectivity index (χ1n) is 40.2. The van der Waals surface area contributed by atoms with E-state index in [0.717, 1.165) is 35.8 Å². The molecule has 98 heavy (non-hydrogen) atoms. The monoisotopic (exact) mass is 1330 g/mol. The fraction of sp³-hybridized carbons (Fsp3) is 0.505. The molecule has 2 aliphatic carbocycles. The van der Waals surface area contributed by atoms with E-state index in [4.69, 9.17) is 9.72 Å². The number of ether oxygens (including phenoxy) is 1. The highest BCUT2D eigenvalue weighted by atomic mass is 32.1. The molecule has 3 heteroatoms. The van der Waals surface area contributed by atoms with Gasteiger partial charge in [-0.25, -0.2) is 0 Å². The van der Waals surface area contributed by atoms with Crippen molar-refractivity contribution in [1.82, 2.24) is 4.98 Å². The van der Waals surface area contributed by atoms with Gasteiger partial charge in [0.2, 0.25) is 0 Å². The Balaban J connectivity index is 1.03. The van der Waals surface area contributed by atoms with E-state index < -0.39 is 0 Å². The standard InChI is InChI=1S/C95H125NOS/c1-9-13-17-21-29-38-59-94(60-39-30-22-18-14-10-2)87-66-77(75-46-52-82(53-47-75)97-64-42-33-27-25-26-28-34-43-65-98)48-54-83(87)84-55-49-78(67-88(84)94)79-50-56-85-86-57-51-80(69-90(86)95(89(85)68-79,61-40-31-23-19-15-11-3)62-41-32-24-20-16-12-4)92-71(5)73(7)93(74(8)72(92)6)81-58-63-96-91(70-81)76-44-36-35-37-45-76/h35-37,44-58,63,66-70,98H,9-34,38-43,59-62,64-65H2,1-8H3. The van der Waals surface area contributed by atoms with Gasteiger partial charge in [-0.3, -0.25) is 4.98 Å². The van der Waals surface area contributed by atoms with Crippen molar-refractivity contribution in [3.63, 3.8) is 0 Å². The number of thiol groups is 1.